The molecule has 0 saturated carbocycles. The van der Waals surface area contributed by atoms with Crippen molar-refractivity contribution in [1.82, 2.24) is 15.2 Å². The Morgan fingerprint density at radius 3 is 2.29 bits per heavy atom. The first-order valence-electron chi connectivity index (χ1n) is 5.31. The van der Waals surface area contributed by atoms with Crippen molar-refractivity contribution in [3.8, 4) is 0 Å². The molecule has 1 fully saturated rings. The highest BCUT2D eigenvalue weighted by Crippen LogP contribution is 2.03. The summed E-state index contributed by atoms with van der Waals surface area (Å²) in [4.78, 5) is 26.1. The molecule has 0 atom stereocenters. The number of nitrogens with one attached hydrogen (secondary N) is 1. The first-order valence-corrected chi connectivity index (χ1v) is 5.72. The van der Waals surface area contributed by atoms with Crippen molar-refractivity contribution in [3.05, 3.63) is 0 Å². The lowest BCUT2D eigenvalue weighted by atomic mass is 10.3. The Kier molecular flexibility index (Phi) is 5.11. The van der Waals surface area contributed by atoms with E-state index >= 15 is 0 Å². The van der Waals surface area contributed by atoms with Gasteiger partial charge < -0.3 is 20.0 Å². The zero-order valence-corrected chi connectivity index (χ0v) is 10.5. The highest BCUT2D eigenvalue weighted by atomic mass is 32.1. The number of hydrogen-bond donors (Lipinski definition) is 2. The molecule has 1 heterocycles. The summed E-state index contributed by atoms with van der Waals surface area (Å²) in [6.45, 7) is 3.82. The van der Waals surface area contributed by atoms with E-state index < -0.39 is 11.9 Å². The fourth-order valence-electron chi connectivity index (χ4n) is 1.53. The zero-order chi connectivity index (χ0) is 12.8. The number of nitrogens with zero attached hydrogens (tertiary/aromatic N) is 2. The predicted molar refractivity (Wildman–Crippen MR) is 64.7 cm³/mol. The van der Waals surface area contributed by atoms with E-state index in [1.54, 1.807) is 6.92 Å². The molecule has 7 nitrogen and oxygen atoms in total. The van der Waals surface area contributed by atoms with E-state index in [2.05, 4.69) is 10.2 Å². The Hall–Kier alpha value is -1.41. The third kappa shape index (κ3) is 3.53. The second kappa shape index (κ2) is 6.36. The molecule has 1 amide bonds. The van der Waals surface area contributed by atoms with Crippen molar-refractivity contribution in [3.63, 3.8) is 0 Å². The van der Waals surface area contributed by atoms with E-state index in [-0.39, 0.29) is 6.61 Å². The van der Waals surface area contributed by atoms with Crippen LogP contribution < -0.4 is 11.3 Å². The minimum atomic E-state index is -0.805. The van der Waals surface area contributed by atoms with Crippen LogP contribution in [0, 0.1) is 0 Å². The lowest BCUT2D eigenvalue weighted by molar-refractivity contribution is -0.160. The largest absolute Gasteiger partial charge is 0.459 e. The topological polar surface area (TPSA) is 87.9 Å². The predicted octanol–water partition coefficient (Wildman–Crippen LogP) is -1.56. The molecular weight excluding hydrogens is 244 g/mol. The van der Waals surface area contributed by atoms with Crippen molar-refractivity contribution in [2.75, 3.05) is 32.8 Å². The highest BCUT2D eigenvalue weighted by Gasteiger charge is 2.27. The molecule has 0 aromatic rings. The van der Waals surface area contributed by atoms with Crippen molar-refractivity contribution >= 4 is 29.2 Å². The Balaban J connectivity index is 2.44. The Labute approximate surface area is 105 Å². The molecule has 1 aliphatic rings. The van der Waals surface area contributed by atoms with Gasteiger partial charge in [-0.05, 0) is 19.1 Å². The summed E-state index contributed by atoms with van der Waals surface area (Å²) in [5, 5.41) is 0.438. The van der Waals surface area contributed by atoms with Crippen LogP contribution in [0.25, 0.3) is 0 Å². The van der Waals surface area contributed by atoms with Gasteiger partial charge in [-0.25, -0.2) is 10.6 Å². The summed E-state index contributed by atoms with van der Waals surface area (Å²) >= 11 is 4.97. The molecule has 0 spiro atoms. The van der Waals surface area contributed by atoms with E-state index in [9.17, 15) is 9.59 Å². The van der Waals surface area contributed by atoms with E-state index in [0.29, 0.717) is 31.3 Å². The minimum absolute atomic E-state index is 0.200. The van der Waals surface area contributed by atoms with Crippen LogP contribution in [0.5, 0.6) is 0 Å². The maximum atomic E-state index is 11.6. The monoisotopic (exact) mass is 260 g/mol. The minimum Gasteiger partial charge on any atom is -0.459 e. The van der Waals surface area contributed by atoms with Crippen molar-refractivity contribution < 1.29 is 14.3 Å². The molecule has 17 heavy (non-hydrogen) atoms. The first kappa shape index (κ1) is 13.7. The van der Waals surface area contributed by atoms with Gasteiger partial charge in [0.2, 0.25) is 0 Å². The van der Waals surface area contributed by atoms with Crippen molar-refractivity contribution in [2.24, 2.45) is 5.84 Å². The average Bonchev–Trinajstić information content (AvgIpc) is 2.37. The number of carbonyl (C=O) groups excluding carboxylic acids is 2. The van der Waals surface area contributed by atoms with Crippen LogP contribution in [-0.2, 0) is 14.3 Å². The molecular formula is C9H16N4O3S. The maximum absolute atomic E-state index is 11.6. The van der Waals surface area contributed by atoms with Crippen LogP contribution in [0.2, 0.25) is 0 Å². The van der Waals surface area contributed by atoms with Crippen LogP contribution in [0.15, 0.2) is 0 Å². The van der Waals surface area contributed by atoms with Crippen LogP contribution in [0.3, 0.4) is 0 Å². The number of ether oxygens (including phenoxy) is 1. The van der Waals surface area contributed by atoms with E-state index in [0.717, 1.165) is 0 Å². The summed E-state index contributed by atoms with van der Waals surface area (Å²) in [5.74, 6) is 3.79. The SMILES string of the molecule is CCOC(=O)C(=O)N1CCN(C(=S)NN)CC1. The van der Waals surface area contributed by atoms with Crippen LogP contribution in [0.1, 0.15) is 6.92 Å². The van der Waals surface area contributed by atoms with E-state index in [1.807, 2.05) is 4.90 Å². The number of piperazine rings is 1. The van der Waals surface area contributed by atoms with Gasteiger partial charge in [-0.1, -0.05) is 0 Å². The highest BCUT2D eigenvalue weighted by molar-refractivity contribution is 7.80. The van der Waals surface area contributed by atoms with Gasteiger partial charge in [0, 0.05) is 26.2 Å². The number of esters is 1. The standard InChI is InChI=1S/C9H16N4O3S/c1-2-16-8(15)7(14)12-3-5-13(6-4-12)9(17)11-10/h2-6,10H2,1H3,(H,11,17). The van der Waals surface area contributed by atoms with Gasteiger partial charge in [-0.2, -0.15) is 0 Å². The van der Waals surface area contributed by atoms with Gasteiger partial charge in [0.05, 0.1) is 6.61 Å². The molecule has 8 heteroatoms. The third-order valence-electron chi connectivity index (χ3n) is 2.43. The van der Waals surface area contributed by atoms with Crippen LogP contribution >= 0.6 is 12.2 Å². The number of hydrazine groups is 1. The number of amides is 1. The second-order valence-electron chi connectivity index (χ2n) is 3.45. The first-order chi connectivity index (χ1) is 8.10. The molecule has 0 aromatic carbocycles. The summed E-state index contributed by atoms with van der Waals surface area (Å²) < 4.78 is 4.65. The van der Waals surface area contributed by atoms with Crippen molar-refractivity contribution in [2.45, 2.75) is 6.92 Å². The molecule has 0 aromatic heterocycles. The molecule has 1 rings (SSSR count). The van der Waals surface area contributed by atoms with Crippen LogP contribution in [0.4, 0.5) is 0 Å². The second-order valence-corrected chi connectivity index (χ2v) is 3.84. The number of nitrogens with two attached hydrogens (primary N) is 1. The maximum Gasteiger partial charge on any atom is 0.397 e. The Bertz CT molecular complexity index is 315. The normalized spacial score (nSPS) is 15.4. The van der Waals surface area contributed by atoms with Gasteiger partial charge in [-0.15, -0.1) is 0 Å². The summed E-state index contributed by atoms with van der Waals surface area (Å²) in [5.41, 5.74) is 2.38. The number of hydrogen-bond acceptors (Lipinski definition) is 5. The molecule has 0 unspecified atom stereocenters. The van der Waals surface area contributed by atoms with E-state index in [4.69, 9.17) is 18.1 Å². The molecule has 0 bridgehead atoms. The lowest BCUT2D eigenvalue weighted by Crippen LogP contribution is -2.55. The zero-order valence-electron chi connectivity index (χ0n) is 9.64. The smallest absolute Gasteiger partial charge is 0.397 e. The number of thiocarbonyl (C=S) groups is 1. The Morgan fingerprint density at radius 2 is 1.82 bits per heavy atom. The quantitative estimate of drug-likeness (QED) is 0.194. The molecule has 1 saturated heterocycles. The number of rotatable bonds is 1. The fraction of sp³-hybridized carbons (Fsp3) is 0.667. The van der Waals surface area contributed by atoms with Crippen molar-refractivity contribution in [1.29, 1.82) is 0 Å². The van der Waals surface area contributed by atoms with Gasteiger partial charge in [0.25, 0.3) is 0 Å². The van der Waals surface area contributed by atoms with Gasteiger partial charge in [0.1, 0.15) is 0 Å². The summed E-state index contributed by atoms with van der Waals surface area (Å²) in [6, 6.07) is 0. The molecule has 0 radical (unpaired) electrons. The molecule has 96 valence electrons. The van der Waals surface area contributed by atoms with Gasteiger partial charge in [0.15, 0.2) is 5.11 Å². The average molecular weight is 260 g/mol. The Morgan fingerprint density at radius 1 is 1.29 bits per heavy atom. The molecule has 0 aliphatic carbocycles. The van der Waals surface area contributed by atoms with Gasteiger partial charge in [-0.3, -0.25) is 4.79 Å². The summed E-state index contributed by atoms with van der Waals surface area (Å²) in [6.07, 6.45) is 0. The third-order valence-corrected chi connectivity index (χ3v) is 2.80. The van der Waals surface area contributed by atoms with Crippen LogP contribution in [-0.4, -0.2) is 59.6 Å². The van der Waals surface area contributed by atoms with Gasteiger partial charge >= 0.3 is 11.9 Å². The molecule has 1 aliphatic heterocycles. The summed E-state index contributed by atoms with van der Waals surface area (Å²) in [7, 11) is 0. The van der Waals surface area contributed by atoms with E-state index in [1.165, 1.54) is 4.90 Å². The number of carbonyl (C=O) groups is 2. The fourth-order valence-corrected chi connectivity index (χ4v) is 1.71. The lowest BCUT2D eigenvalue weighted by Gasteiger charge is -2.35. The molecule has 3 N–H and O–H groups in total.